The molecule has 1 atom stereocenters. The van der Waals surface area contributed by atoms with Crippen LogP contribution in [0.1, 0.15) is 42.5 Å². The molecule has 0 fully saturated rings. The van der Waals surface area contributed by atoms with Crippen molar-refractivity contribution in [3.8, 4) is 10.9 Å². The van der Waals surface area contributed by atoms with E-state index in [2.05, 4.69) is 28.5 Å². The van der Waals surface area contributed by atoms with Crippen molar-refractivity contribution < 1.29 is 13.9 Å². The van der Waals surface area contributed by atoms with Crippen LogP contribution < -0.4 is 10.1 Å². The summed E-state index contributed by atoms with van der Waals surface area (Å²) in [6, 6.07) is 13.3. The monoisotopic (exact) mass is 399 g/mol. The van der Waals surface area contributed by atoms with E-state index < -0.39 is 0 Å². The topological polar surface area (TPSA) is 64.1 Å². The number of amides is 1. The molecule has 0 saturated carbocycles. The van der Waals surface area contributed by atoms with Gasteiger partial charge in [-0.3, -0.25) is 4.79 Å². The molecule has 0 radical (unpaired) electrons. The largest absolute Gasteiger partial charge is 0.430 e. The third-order valence-electron chi connectivity index (χ3n) is 4.39. The number of benzene rings is 2. The van der Waals surface area contributed by atoms with Crippen LogP contribution in [0.5, 0.6) is 10.9 Å². The quantitative estimate of drug-likeness (QED) is 0.618. The van der Waals surface area contributed by atoms with Crippen LogP contribution in [0.4, 0.5) is 4.39 Å². The molecule has 0 bridgehead atoms. The van der Waals surface area contributed by atoms with E-state index in [1.165, 1.54) is 12.1 Å². The van der Waals surface area contributed by atoms with Gasteiger partial charge in [0.1, 0.15) is 11.6 Å². The van der Waals surface area contributed by atoms with Gasteiger partial charge in [-0.1, -0.05) is 32.0 Å². The minimum Gasteiger partial charge on any atom is -0.430 e. The van der Waals surface area contributed by atoms with Gasteiger partial charge in [-0.05, 0) is 48.7 Å². The summed E-state index contributed by atoms with van der Waals surface area (Å²) in [5.74, 6) is 1.07. The lowest BCUT2D eigenvalue weighted by atomic mass is 10.1. The minimum absolute atomic E-state index is 0.0780. The second-order valence-corrected chi connectivity index (χ2v) is 7.63. The maximum absolute atomic E-state index is 13.0. The van der Waals surface area contributed by atoms with E-state index in [9.17, 15) is 9.18 Å². The van der Waals surface area contributed by atoms with Crippen LogP contribution in [0, 0.1) is 11.7 Å². The number of carbonyl (C=O) groups excluding carboxylic acids is 1. The van der Waals surface area contributed by atoms with Crippen LogP contribution in [-0.2, 0) is 6.42 Å². The standard InChI is InChI=1S/C21H22FN3O2S/c1-13(2)14(3)23-20(26)16-5-4-6-18(12-16)27-21-24-19(25-28-21)11-15-7-9-17(22)10-8-15/h4-10,12-14H,11H2,1-3H3,(H,23,26). The maximum atomic E-state index is 13.0. The van der Waals surface area contributed by atoms with Gasteiger partial charge < -0.3 is 10.1 Å². The number of nitrogens with zero attached hydrogens (tertiary/aromatic N) is 2. The summed E-state index contributed by atoms with van der Waals surface area (Å²) in [7, 11) is 0. The summed E-state index contributed by atoms with van der Waals surface area (Å²) in [5.41, 5.74) is 1.45. The van der Waals surface area contributed by atoms with Gasteiger partial charge in [0.2, 0.25) is 0 Å². The zero-order valence-corrected chi connectivity index (χ0v) is 16.8. The normalized spacial score (nSPS) is 12.0. The Kier molecular flexibility index (Phi) is 6.36. The Bertz CT molecular complexity index is 941. The Morgan fingerprint density at radius 3 is 2.64 bits per heavy atom. The second-order valence-electron chi connectivity index (χ2n) is 6.92. The number of hydrogen-bond acceptors (Lipinski definition) is 5. The number of halogens is 1. The predicted molar refractivity (Wildman–Crippen MR) is 107 cm³/mol. The Morgan fingerprint density at radius 1 is 1.18 bits per heavy atom. The lowest BCUT2D eigenvalue weighted by molar-refractivity contribution is 0.0930. The van der Waals surface area contributed by atoms with Crippen molar-refractivity contribution in [1.29, 1.82) is 0 Å². The smallest absolute Gasteiger partial charge is 0.298 e. The molecule has 2 aromatic carbocycles. The van der Waals surface area contributed by atoms with Crippen LogP contribution in [0.15, 0.2) is 48.5 Å². The molecule has 0 aliphatic rings. The highest BCUT2D eigenvalue weighted by Crippen LogP contribution is 2.25. The van der Waals surface area contributed by atoms with Gasteiger partial charge in [-0.2, -0.15) is 9.36 Å². The molecule has 1 heterocycles. The van der Waals surface area contributed by atoms with Gasteiger partial charge >= 0.3 is 0 Å². The zero-order chi connectivity index (χ0) is 20.1. The number of aromatic nitrogens is 2. The van der Waals surface area contributed by atoms with E-state index >= 15 is 0 Å². The summed E-state index contributed by atoms with van der Waals surface area (Å²) in [6.07, 6.45) is 0.496. The van der Waals surface area contributed by atoms with E-state index in [4.69, 9.17) is 4.74 Å². The molecule has 0 spiro atoms. The molecule has 146 valence electrons. The van der Waals surface area contributed by atoms with Crippen LogP contribution >= 0.6 is 11.5 Å². The number of rotatable bonds is 7. The molecule has 3 rings (SSSR count). The van der Waals surface area contributed by atoms with Crippen molar-refractivity contribution in [2.75, 3.05) is 0 Å². The molecular formula is C21H22FN3O2S. The SMILES string of the molecule is CC(C)C(C)NC(=O)c1cccc(Oc2nc(Cc3ccc(F)cc3)ns2)c1. The van der Waals surface area contributed by atoms with E-state index in [-0.39, 0.29) is 17.8 Å². The van der Waals surface area contributed by atoms with E-state index in [0.717, 1.165) is 17.1 Å². The van der Waals surface area contributed by atoms with Gasteiger partial charge in [0, 0.05) is 29.6 Å². The van der Waals surface area contributed by atoms with Crippen molar-refractivity contribution in [2.24, 2.45) is 5.92 Å². The molecule has 0 aliphatic carbocycles. The Morgan fingerprint density at radius 2 is 1.93 bits per heavy atom. The fraction of sp³-hybridized carbons (Fsp3) is 0.286. The van der Waals surface area contributed by atoms with E-state index in [1.54, 1.807) is 36.4 Å². The molecule has 0 aliphatic heterocycles. The predicted octanol–water partition coefficient (Wildman–Crippen LogP) is 4.83. The zero-order valence-electron chi connectivity index (χ0n) is 16.0. The van der Waals surface area contributed by atoms with Crippen LogP contribution in [-0.4, -0.2) is 21.3 Å². The molecule has 1 aromatic heterocycles. The average molecular weight is 399 g/mol. The van der Waals surface area contributed by atoms with Gasteiger partial charge in [0.15, 0.2) is 5.82 Å². The third-order valence-corrected chi connectivity index (χ3v) is 5.02. The molecular weight excluding hydrogens is 377 g/mol. The van der Waals surface area contributed by atoms with Crippen LogP contribution in [0.3, 0.4) is 0 Å². The maximum Gasteiger partial charge on any atom is 0.298 e. The van der Waals surface area contributed by atoms with Crippen molar-refractivity contribution in [1.82, 2.24) is 14.7 Å². The van der Waals surface area contributed by atoms with Gasteiger partial charge in [0.05, 0.1) is 0 Å². The molecule has 1 N–H and O–H groups in total. The average Bonchev–Trinajstić information content (AvgIpc) is 3.10. The Hall–Kier alpha value is -2.80. The first-order valence-electron chi connectivity index (χ1n) is 9.06. The van der Waals surface area contributed by atoms with Gasteiger partial charge in [-0.25, -0.2) is 4.39 Å². The second kappa shape index (κ2) is 8.93. The highest BCUT2D eigenvalue weighted by Gasteiger charge is 2.14. The highest BCUT2D eigenvalue weighted by molar-refractivity contribution is 7.07. The summed E-state index contributed by atoms with van der Waals surface area (Å²) in [5, 5.41) is 3.37. The summed E-state index contributed by atoms with van der Waals surface area (Å²) in [4.78, 5) is 16.7. The summed E-state index contributed by atoms with van der Waals surface area (Å²) >= 11 is 1.14. The van der Waals surface area contributed by atoms with Crippen molar-refractivity contribution in [3.05, 3.63) is 71.3 Å². The first-order valence-corrected chi connectivity index (χ1v) is 9.84. The first kappa shape index (κ1) is 19.9. The highest BCUT2D eigenvalue weighted by atomic mass is 32.1. The summed E-state index contributed by atoms with van der Waals surface area (Å²) < 4.78 is 23.0. The molecule has 28 heavy (non-hydrogen) atoms. The van der Waals surface area contributed by atoms with Crippen LogP contribution in [0.25, 0.3) is 0 Å². The van der Waals surface area contributed by atoms with Crippen molar-refractivity contribution in [2.45, 2.75) is 33.2 Å². The molecule has 1 unspecified atom stereocenters. The lowest BCUT2D eigenvalue weighted by Crippen LogP contribution is -2.36. The number of nitrogens with one attached hydrogen (secondary N) is 1. The van der Waals surface area contributed by atoms with Crippen molar-refractivity contribution >= 4 is 17.4 Å². The molecule has 5 nitrogen and oxygen atoms in total. The van der Waals surface area contributed by atoms with Crippen molar-refractivity contribution in [3.63, 3.8) is 0 Å². The minimum atomic E-state index is -0.272. The molecule has 7 heteroatoms. The lowest BCUT2D eigenvalue weighted by Gasteiger charge is -2.17. The van der Waals surface area contributed by atoms with E-state index in [0.29, 0.717) is 34.7 Å². The number of ether oxygens (including phenoxy) is 1. The molecule has 1 amide bonds. The molecule has 0 saturated heterocycles. The number of hydrogen-bond donors (Lipinski definition) is 1. The third kappa shape index (κ3) is 5.36. The summed E-state index contributed by atoms with van der Waals surface area (Å²) in [6.45, 7) is 6.10. The fourth-order valence-electron chi connectivity index (χ4n) is 2.39. The molecule has 3 aromatic rings. The fourth-order valence-corrected chi connectivity index (χ4v) is 2.96. The first-order chi connectivity index (χ1) is 13.4. The number of carbonyl (C=O) groups is 1. The van der Waals surface area contributed by atoms with Gasteiger partial charge in [-0.15, -0.1) is 0 Å². The van der Waals surface area contributed by atoms with Gasteiger partial charge in [0.25, 0.3) is 11.1 Å². The Balaban J connectivity index is 1.65. The van der Waals surface area contributed by atoms with E-state index in [1.807, 2.05) is 6.92 Å². The Labute approximate surface area is 167 Å². The van der Waals surface area contributed by atoms with Crippen LogP contribution in [0.2, 0.25) is 0 Å².